The van der Waals surface area contributed by atoms with Gasteiger partial charge in [0.15, 0.2) is 0 Å². The van der Waals surface area contributed by atoms with Crippen LogP contribution in [0.1, 0.15) is 43.0 Å². The molecule has 0 saturated carbocycles. The van der Waals surface area contributed by atoms with Crippen LogP contribution in [0, 0.1) is 6.92 Å². The lowest BCUT2D eigenvalue weighted by atomic mass is 9.87. The predicted octanol–water partition coefficient (Wildman–Crippen LogP) is 5.96. The summed E-state index contributed by atoms with van der Waals surface area (Å²) in [5.41, 5.74) is 5.40. The van der Waals surface area contributed by atoms with E-state index in [4.69, 9.17) is 0 Å². The number of hydrogen-bond donors (Lipinski definition) is 1. The second-order valence-corrected chi connectivity index (χ2v) is 10.5. The number of aryl methyl sites for hydroxylation is 1. The summed E-state index contributed by atoms with van der Waals surface area (Å²) in [6.45, 7) is 8.99. The van der Waals surface area contributed by atoms with E-state index < -0.39 is 17.8 Å². The maximum atomic E-state index is 13.5. The molecule has 1 fully saturated rings. The Hall–Kier alpha value is -4.45. The first-order chi connectivity index (χ1) is 17.6. The Morgan fingerprint density at radius 3 is 2.32 bits per heavy atom. The SMILES string of the molecule is Cc1cccc(Cn2cc(/C=C3\C(=O)NC(=O)N(c4ccc(C(C)(C)C)cc4)C3=O)c3ccccc32)c1. The van der Waals surface area contributed by atoms with Crippen LogP contribution in [0.4, 0.5) is 10.5 Å². The molecule has 1 aliphatic heterocycles. The summed E-state index contributed by atoms with van der Waals surface area (Å²) in [5.74, 6) is -1.35. The number of amides is 4. The van der Waals surface area contributed by atoms with Gasteiger partial charge in [0.25, 0.3) is 11.8 Å². The summed E-state index contributed by atoms with van der Waals surface area (Å²) in [5, 5.41) is 3.24. The Labute approximate surface area is 216 Å². The van der Waals surface area contributed by atoms with E-state index >= 15 is 0 Å². The van der Waals surface area contributed by atoms with E-state index in [1.165, 1.54) is 5.56 Å². The first-order valence-electron chi connectivity index (χ1n) is 12.3. The van der Waals surface area contributed by atoms with Gasteiger partial charge in [-0.25, -0.2) is 9.69 Å². The van der Waals surface area contributed by atoms with E-state index in [9.17, 15) is 14.4 Å². The monoisotopic (exact) mass is 491 g/mol. The number of anilines is 1. The minimum atomic E-state index is -0.752. The van der Waals surface area contributed by atoms with Crippen molar-refractivity contribution in [3.05, 3.63) is 107 Å². The van der Waals surface area contributed by atoms with Crippen molar-refractivity contribution in [2.45, 2.75) is 39.7 Å². The Balaban J connectivity index is 1.53. The number of nitrogens with zero attached hydrogens (tertiary/aromatic N) is 2. The Morgan fingerprint density at radius 2 is 1.62 bits per heavy atom. The maximum absolute atomic E-state index is 13.5. The number of fused-ring (bicyclic) bond motifs is 1. The smallest absolute Gasteiger partial charge is 0.335 e. The third-order valence-corrected chi connectivity index (χ3v) is 6.65. The number of carbonyl (C=O) groups excluding carboxylic acids is 3. The van der Waals surface area contributed by atoms with Crippen LogP contribution < -0.4 is 10.2 Å². The highest BCUT2D eigenvalue weighted by atomic mass is 16.2. The van der Waals surface area contributed by atoms with Gasteiger partial charge in [0, 0.05) is 29.2 Å². The van der Waals surface area contributed by atoms with Crippen LogP contribution in [0.25, 0.3) is 17.0 Å². The van der Waals surface area contributed by atoms with E-state index in [2.05, 4.69) is 55.8 Å². The summed E-state index contributed by atoms with van der Waals surface area (Å²) in [6, 6.07) is 22.7. The number of carbonyl (C=O) groups is 3. The highest BCUT2D eigenvalue weighted by Crippen LogP contribution is 2.29. The molecule has 37 heavy (non-hydrogen) atoms. The molecule has 0 radical (unpaired) electrons. The third kappa shape index (κ3) is 4.70. The molecule has 0 aliphatic carbocycles. The molecular weight excluding hydrogens is 462 g/mol. The molecule has 0 atom stereocenters. The molecule has 0 bridgehead atoms. The number of urea groups is 1. The lowest BCUT2D eigenvalue weighted by molar-refractivity contribution is -0.122. The summed E-state index contributed by atoms with van der Waals surface area (Å²) in [4.78, 5) is 40.0. The fourth-order valence-electron chi connectivity index (χ4n) is 4.69. The molecule has 186 valence electrons. The molecule has 4 amide bonds. The van der Waals surface area contributed by atoms with Gasteiger partial charge in [-0.1, -0.05) is 80.9 Å². The van der Waals surface area contributed by atoms with Crippen molar-refractivity contribution in [1.29, 1.82) is 0 Å². The van der Waals surface area contributed by atoms with Gasteiger partial charge in [-0.3, -0.25) is 14.9 Å². The summed E-state index contributed by atoms with van der Waals surface area (Å²) < 4.78 is 2.11. The standard InChI is InChI=1S/C31H29N3O3/c1-20-8-7-9-21(16-20)18-33-19-22(25-10-5-6-11-27(25)33)17-26-28(35)32-30(37)34(29(26)36)24-14-12-23(13-15-24)31(2,3)4/h5-17,19H,18H2,1-4H3,(H,32,35,37)/b26-17+. The first kappa shape index (κ1) is 24.3. The van der Waals surface area contributed by atoms with Gasteiger partial charge in [0.2, 0.25) is 0 Å². The van der Waals surface area contributed by atoms with Crippen LogP contribution in [-0.2, 0) is 21.5 Å². The molecule has 1 aromatic heterocycles. The minimum absolute atomic E-state index is 0.0691. The number of imide groups is 2. The fourth-order valence-corrected chi connectivity index (χ4v) is 4.69. The average molecular weight is 492 g/mol. The van der Waals surface area contributed by atoms with Crippen LogP contribution in [-0.4, -0.2) is 22.4 Å². The van der Waals surface area contributed by atoms with E-state index in [-0.39, 0.29) is 11.0 Å². The second kappa shape index (κ2) is 9.21. The van der Waals surface area contributed by atoms with Crippen molar-refractivity contribution >= 4 is 40.5 Å². The van der Waals surface area contributed by atoms with E-state index in [0.29, 0.717) is 12.2 Å². The number of aromatic nitrogens is 1. The van der Waals surface area contributed by atoms with Gasteiger partial charge >= 0.3 is 6.03 Å². The molecule has 1 saturated heterocycles. The topological polar surface area (TPSA) is 71.4 Å². The van der Waals surface area contributed by atoms with Gasteiger partial charge in [-0.05, 0) is 47.7 Å². The highest BCUT2D eigenvalue weighted by Gasteiger charge is 2.37. The van der Waals surface area contributed by atoms with Crippen molar-refractivity contribution in [3.8, 4) is 0 Å². The zero-order valence-electron chi connectivity index (χ0n) is 21.4. The van der Waals surface area contributed by atoms with Crippen LogP contribution in [0.5, 0.6) is 0 Å². The maximum Gasteiger partial charge on any atom is 0.335 e. The van der Waals surface area contributed by atoms with Crippen molar-refractivity contribution in [3.63, 3.8) is 0 Å². The second-order valence-electron chi connectivity index (χ2n) is 10.5. The number of rotatable bonds is 4. The lowest BCUT2D eigenvalue weighted by Crippen LogP contribution is -2.54. The molecule has 6 nitrogen and oxygen atoms in total. The van der Waals surface area contributed by atoms with Crippen LogP contribution >= 0.6 is 0 Å². The van der Waals surface area contributed by atoms with Crippen molar-refractivity contribution in [2.24, 2.45) is 0 Å². The third-order valence-electron chi connectivity index (χ3n) is 6.65. The van der Waals surface area contributed by atoms with Crippen molar-refractivity contribution < 1.29 is 14.4 Å². The quantitative estimate of drug-likeness (QED) is 0.283. The van der Waals surface area contributed by atoms with E-state index in [1.807, 2.05) is 48.7 Å². The molecule has 6 heteroatoms. The number of barbiturate groups is 1. The number of hydrogen-bond acceptors (Lipinski definition) is 3. The van der Waals surface area contributed by atoms with Gasteiger partial charge in [-0.2, -0.15) is 0 Å². The van der Waals surface area contributed by atoms with Crippen LogP contribution in [0.15, 0.2) is 84.6 Å². The molecule has 3 aromatic carbocycles. The first-order valence-corrected chi connectivity index (χ1v) is 12.3. The zero-order valence-corrected chi connectivity index (χ0v) is 21.4. The van der Waals surface area contributed by atoms with Gasteiger partial charge in [-0.15, -0.1) is 0 Å². The highest BCUT2D eigenvalue weighted by molar-refractivity contribution is 6.39. The molecule has 0 spiro atoms. The molecule has 0 unspecified atom stereocenters. The number of benzene rings is 3. The minimum Gasteiger partial charge on any atom is -0.342 e. The van der Waals surface area contributed by atoms with Crippen LogP contribution in [0.3, 0.4) is 0 Å². The predicted molar refractivity (Wildman–Crippen MR) is 146 cm³/mol. The van der Waals surface area contributed by atoms with Gasteiger partial charge in [0.1, 0.15) is 5.57 Å². The Kier molecular flexibility index (Phi) is 6.04. The van der Waals surface area contributed by atoms with Crippen LogP contribution in [0.2, 0.25) is 0 Å². The largest absolute Gasteiger partial charge is 0.342 e. The summed E-state index contributed by atoms with van der Waals surface area (Å²) in [7, 11) is 0. The molecule has 2 heterocycles. The van der Waals surface area contributed by atoms with Crippen molar-refractivity contribution in [2.75, 3.05) is 4.90 Å². The molecule has 4 aromatic rings. The number of nitrogens with one attached hydrogen (secondary N) is 1. The normalized spacial score (nSPS) is 15.5. The van der Waals surface area contributed by atoms with Crippen molar-refractivity contribution in [1.82, 2.24) is 9.88 Å². The average Bonchev–Trinajstić information content (AvgIpc) is 3.18. The number of para-hydroxylation sites is 1. The van der Waals surface area contributed by atoms with Gasteiger partial charge < -0.3 is 4.57 Å². The van der Waals surface area contributed by atoms with E-state index in [0.717, 1.165) is 32.5 Å². The Morgan fingerprint density at radius 1 is 0.892 bits per heavy atom. The molecule has 1 N–H and O–H groups in total. The van der Waals surface area contributed by atoms with E-state index in [1.54, 1.807) is 18.2 Å². The summed E-state index contributed by atoms with van der Waals surface area (Å²) in [6.07, 6.45) is 3.52. The van der Waals surface area contributed by atoms with Gasteiger partial charge in [0.05, 0.1) is 5.69 Å². The lowest BCUT2D eigenvalue weighted by Gasteiger charge is -2.27. The summed E-state index contributed by atoms with van der Waals surface area (Å²) >= 11 is 0. The molecule has 1 aliphatic rings. The molecular formula is C31H29N3O3. The molecule has 5 rings (SSSR count). The zero-order chi connectivity index (χ0) is 26.3. The fraction of sp³-hybridized carbons (Fsp3) is 0.194. The Bertz CT molecular complexity index is 1570.